The summed E-state index contributed by atoms with van der Waals surface area (Å²) in [5.74, 6) is -0.628. The van der Waals surface area contributed by atoms with Crippen LogP contribution in [0.4, 0.5) is 0 Å². The van der Waals surface area contributed by atoms with Crippen LogP contribution >= 0.6 is 0 Å². The van der Waals surface area contributed by atoms with E-state index in [1.165, 1.54) is 96.3 Å². The van der Waals surface area contributed by atoms with Gasteiger partial charge in [0.25, 0.3) is 0 Å². The van der Waals surface area contributed by atoms with Gasteiger partial charge < -0.3 is 45.4 Å². The molecule has 8 atom stereocenters. The molecule has 0 aromatic carbocycles. The van der Waals surface area contributed by atoms with Gasteiger partial charge in [0, 0.05) is 0 Å². The van der Waals surface area contributed by atoms with Gasteiger partial charge in [-0.15, -0.1) is 0 Å². The molecule has 50 heavy (non-hydrogen) atoms. The average Bonchev–Trinajstić information content (AvgIpc) is 3.11. The molecule has 0 radical (unpaired) electrons. The summed E-state index contributed by atoms with van der Waals surface area (Å²) < 4.78 is 11.1. The van der Waals surface area contributed by atoms with Crippen LogP contribution in [0.5, 0.6) is 0 Å². The fourth-order valence-electron chi connectivity index (χ4n) is 6.24. The molecule has 1 aliphatic heterocycles. The molecule has 0 bridgehead atoms. The molecule has 1 aliphatic rings. The van der Waals surface area contributed by atoms with Crippen molar-refractivity contribution in [3.8, 4) is 0 Å². The summed E-state index contributed by atoms with van der Waals surface area (Å²) in [6, 6.07) is -0.990. The highest BCUT2D eigenvalue weighted by Crippen LogP contribution is 2.22. The Morgan fingerprint density at radius 2 is 1.18 bits per heavy atom. The van der Waals surface area contributed by atoms with Crippen molar-refractivity contribution in [2.24, 2.45) is 0 Å². The number of nitrogens with one attached hydrogen (secondary N) is 1. The topological polar surface area (TPSA) is 169 Å². The van der Waals surface area contributed by atoms with Crippen molar-refractivity contribution < 1.29 is 44.9 Å². The maximum Gasteiger partial charge on any atom is 0.249 e. The number of allylic oxidation sites excluding steroid dienone is 3. The SMILES string of the molecule is CCCCCCCCCC=CCCC=C[C@@H](O)[C@H](CO[C@@H]1O[C@H](CO)[C@@H](O)[C@H](O)[C@H]1O)NC(=O)C(O)CCCCCCCCCCCCCC. The number of ether oxygens (including phenoxy) is 2. The molecule has 294 valence electrons. The van der Waals surface area contributed by atoms with E-state index in [1.807, 2.05) is 6.08 Å². The van der Waals surface area contributed by atoms with Gasteiger partial charge in [0.2, 0.25) is 5.91 Å². The molecular formula is C40H75NO9. The van der Waals surface area contributed by atoms with Crippen LogP contribution in [0.1, 0.15) is 162 Å². The third-order valence-electron chi connectivity index (χ3n) is 9.64. The number of rotatable bonds is 32. The molecule has 0 aliphatic carbocycles. The van der Waals surface area contributed by atoms with E-state index < -0.39 is 61.5 Å². The maximum absolute atomic E-state index is 12.9. The molecule has 0 saturated carbocycles. The van der Waals surface area contributed by atoms with Crippen LogP contribution in [-0.2, 0) is 14.3 Å². The summed E-state index contributed by atoms with van der Waals surface area (Å²) in [5.41, 5.74) is 0. The smallest absolute Gasteiger partial charge is 0.249 e. The summed E-state index contributed by atoms with van der Waals surface area (Å²) in [5, 5.41) is 64.3. The third kappa shape index (κ3) is 21.9. The molecular weight excluding hydrogens is 638 g/mol. The lowest BCUT2D eigenvalue weighted by molar-refractivity contribution is -0.302. The van der Waals surface area contributed by atoms with E-state index in [0.29, 0.717) is 19.3 Å². The highest BCUT2D eigenvalue weighted by Gasteiger charge is 2.44. The Balaban J connectivity index is 2.54. The van der Waals surface area contributed by atoms with Crippen LogP contribution in [0, 0.1) is 0 Å². The summed E-state index contributed by atoms with van der Waals surface area (Å²) in [6.07, 6.45) is 24.1. The van der Waals surface area contributed by atoms with Crippen molar-refractivity contribution in [3.05, 3.63) is 24.3 Å². The van der Waals surface area contributed by atoms with Crippen molar-refractivity contribution in [1.29, 1.82) is 0 Å². The number of hydrogen-bond donors (Lipinski definition) is 7. The van der Waals surface area contributed by atoms with Gasteiger partial charge in [-0.2, -0.15) is 0 Å². The van der Waals surface area contributed by atoms with Crippen molar-refractivity contribution in [1.82, 2.24) is 5.32 Å². The lowest BCUT2D eigenvalue weighted by Crippen LogP contribution is -2.60. The molecule has 0 aromatic rings. The highest BCUT2D eigenvalue weighted by molar-refractivity contribution is 5.80. The molecule has 1 unspecified atom stereocenters. The summed E-state index contributed by atoms with van der Waals surface area (Å²) in [7, 11) is 0. The van der Waals surface area contributed by atoms with E-state index in [9.17, 15) is 35.4 Å². The lowest BCUT2D eigenvalue weighted by atomic mass is 9.99. The van der Waals surface area contributed by atoms with Crippen LogP contribution in [0.15, 0.2) is 24.3 Å². The van der Waals surface area contributed by atoms with E-state index in [-0.39, 0.29) is 6.61 Å². The van der Waals surface area contributed by atoms with Gasteiger partial charge in [0.15, 0.2) is 6.29 Å². The van der Waals surface area contributed by atoms with Crippen LogP contribution in [0.25, 0.3) is 0 Å². The summed E-state index contributed by atoms with van der Waals surface area (Å²) >= 11 is 0. The number of hydrogen-bond acceptors (Lipinski definition) is 9. The van der Waals surface area contributed by atoms with E-state index in [0.717, 1.165) is 32.1 Å². The van der Waals surface area contributed by atoms with Gasteiger partial charge in [-0.3, -0.25) is 4.79 Å². The van der Waals surface area contributed by atoms with Crippen molar-refractivity contribution >= 4 is 5.91 Å². The zero-order valence-electron chi connectivity index (χ0n) is 31.5. The Bertz CT molecular complexity index is 855. The molecule has 10 heteroatoms. The van der Waals surface area contributed by atoms with Crippen LogP contribution < -0.4 is 5.32 Å². The minimum Gasteiger partial charge on any atom is -0.394 e. The largest absolute Gasteiger partial charge is 0.394 e. The van der Waals surface area contributed by atoms with Crippen molar-refractivity contribution in [3.63, 3.8) is 0 Å². The zero-order chi connectivity index (χ0) is 36.8. The fourth-order valence-corrected chi connectivity index (χ4v) is 6.24. The van der Waals surface area contributed by atoms with Crippen molar-refractivity contribution in [2.45, 2.75) is 210 Å². The predicted octanol–water partition coefficient (Wildman–Crippen LogP) is 6.13. The number of carbonyl (C=O) groups is 1. The Morgan fingerprint density at radius 3 is 1.74 bits per heavy atom. The van der Waals surface area contributed by atoms with E-state index in [4.69, 9.17) is 9.47 Å². The Labute approximate surface area is 303 Å². The van der Waals surface area contributed by atoms with E-state index >= 15 is 0 Å². The minimum atomic E-state index is -1.61. The van der Waals surface area contributed by atoms with Gasteiger partial charge in [0.1, 0.15) is 30.5 Å². The Hall–Kier alpha value is -1.37. The molecule has 1 fully saturated rings. The van der Waals surface area contributed by atoms with Crippen LogP contribution in [0.2, 0.25) is 0 Å². The second kappa shape index (κ2) is 31.2. The van der Waals surface area contributed by atoms with E-state index in [2.05, 4.69) is 31.3 Å². The number of unbranched alkanes of at least 4 members (excludes halogenated alkanes) is 19. The molecule has 10 nitrogen and oxygen atoms in total. The van der Waals surface area contributed by atoms with Crippen molar-refractivity contribution in [2.75, 3.05) is 13.2 Å². The van der Waals surface area contributed by atoms with Crippen LogP contribution in [-0.4, -0.2) is 98.7 Å². The number of aliphatic hydroxyl groups excluding tert-OH is 6. The number of aliphatic hydroxyl groups is 6. The van der Waals surface area contributed by atoms with Gasteiger partial charge in [-0.1, -0.05) is 154 Å². The van der Waals surface area contributed by atoms with Gasteiger partial charge in [-0.25, -0.2) is 0 Å². The molecule has 7 N–H and O–H groups in total. The monoisotopic (exact) mass is 714 g/mol. The third-order valence-corrected chi connectivity index (χ3v) is 9.64. The van der Waals surface area contributed by atoms with Gasteiger partial charge in [0.05, 0.1) is 25.4 Å². The molecule has 1 saturated heterocycles. The minimum absolute atomic E-state index is 0.306. The first-order valence-corrected chi connectivity index (χ1v) is 20.2. The van der Waals surface area contributed by atoms with Crippen LogP contribution in [0.3, 0.4) is 0 Å². The summed E-state index contributed by atoms with van der Waals surface area (Å²) in [4.78, 5) is 12.9. The second-order valence-electron chi connectivity index (χ2n) is 14.2. The number of amides is 1. The molecule has 0 aromatic heterocycles. The Morgan fingerprint density at radius 1 is 0.680 bits per heavy atom. The standard InChI is InChI=1S/C40H75NO9/c1-3-5-7-9-11-13-15-17-19-20-22-24-26-28-33(43)32(31-49-40-38(47)37(46)36(45)35(30-42)50-40)41-39(48)34(44)29-27-25-23-21-18-16-14-12-10-8-6-4-2/h19-20,26,28,32-38,40,42-47H,3-18,21-25,27,29-31H2,1-2H3,(H,41,48)/t32-,33+,34?,35+,36+,37-,38+,40+/m0/s1. The first kappa shape index (κ1) is 46.7. The molecule has 1 rings (SSSR count). The highest BCUT2D eigenvalue weighted by atomic mass is 16.7. The lowest BCUT2D eigenvalue weighted by Gasteiger charge is -2.40. The Kier molecular flexibility index (Phi) is 29.1. The second-order valence-corrected chi connectivity index (χ2v) is 14.2. The summed E-state index contributed by atoms with van der Waals surface area (Å²) in [6.45, 7) is 3.54. The van der Waals surface area contributed by atoms with Gasteiger partial charge in [-0.05, 0) is 32.1 Å². The first-order chi connectivity index (χ1) is 24.3. The average molecular weight is 714 g/mol. The van der Waals surface area contributed by atoms with E-state index in [1.54, 1.807) is 6.08 Å². The normalized spacial score (nSPS) is 23.1. The molecule has 1 amide bonds. The number of carbonyl (C=O) groups excluding carboxylic acids is 1. The first-order valence-electron chi connectivity index (χ1n) is 20.2. The quantitative estimate of drug-likeness (QED) is 0.0320. The predicted molar refractivity (Wildman–Crippen MR) is 199 cm³/mol. The maximum atomic E-state index is 12.9. The molecule has 0 spiro atoms. The zero-order valence-corrected chi connectivity index (χ0v) is 31.5. The fraction of sp³-hybridized carbons (Fsp3) is 0.875. The molecule has 1 heterocycles. The van der Waals surface area contributed by atoms with Gasteiger partial charge >= 0.3 is 0 Å².